The number of halogens is 2. The lowest BCUT2D eigenvalue weighted by molar-refractivity contribution is 0.102. The van der Waals surface area contributed by atoms with Crippen LogP contribution in [0.2, 0.25) is 10.0 Å². The summed E-state index contributed by atoms with van der Waals surface area (Å²) in [7, 11) is -7.43. The summed E-state index contributed by atoms with van der Waals surface area (Å²) in [4.78, 5) is 12.6. The van der Waals surface area contributed by atoms with Gasteiger partial charge in [0, 0.05) is 11.4 Å². The quantitative estimate of drug-likeness (QED) is 0.431. The van der Waals surface area contributed by atoms with Gasteiger partial charge in [-0.1, -0.05) is 35.3 Å². The first kappa shape index (κ1) is 23.9. The molecule has 0 radical (unpaired) electrons. The Morgan fingerprint density at radius 3 is 2.03 bits per heavy atom. The summed E-state index contributed by atoms with van der Waals surface area (Å²) < 4.78 is 52.6. The summed E-state index contributed by atoms with van der Waals surface area (Å²) >= 11 is 12.1. The molecular formula is C20H17Cl2N3O5S2. The van der Waals surface area contributed by atoms with Crippen molar-refractivity contribution in [1.82, 2.24) is 0 Å². The van der Waals surface area contributed by atoms with Crippen LogP contribution in [0.15, 0.2) is 71.6 Å². The third kappa shape index (κ3) is 6.13. The fraction of sp³-hybridized carbons (Fsp3) is 0.0500. The van der Waals surface area contributed by atoms with Gasteiger partial charge >= 0.3 is 0 Å². The molecule has 3 aromatic rings. The first-order valence-electron chi connectivity index (χ1n) is 8.91. The van der Waals surface area contributed by atoms with Gasteiger partial charge in [0.15, 0.2) is 0 Å². The normalized spacial score (nSPS) is 11.6. The second kappa shape index (κ2) is 9.37. The van der Waals surface area contributed by atoms with Crippen molar-refractivity contribution in [1.29, 1.82) is 0 Å². The van der Waals surface area contributed by atoms with E-state index >= 15 is 0 Å². The van der Waals surface area contributed by atoms with Crippen molar-refractivity contribution in [2.24, 2.45) is 0 Å². The van der Waals surface area contributed by atoms with Gasteiger partial charge in [0.25, 0.3) is 15.9 Å². The summed E-state index contributed by atoms with van der Waals surface area (Å²) in [6, 6.07) is 16.0. The lowest BCUT2D eigenvalue weighted by Gasteiger charge is -2.11. The molecule has 0 saturated carbocycles. The van der Waals surface area contributed by atoms with Gasteiger partial charge in [0.05, 0.1) is 32.4 Å². The van der Waals surface area contributed by atoms with E-state index in [9.17, 15) is 21.6 Å². The predicted molar refractivity (Wildman–Crippen MR) is 127 cm³/mol. The summed E-state index contributed by atoms with van der Waals surface area (Å²) in [5.41, 5.74) is 0.763. The highest BCUT2D eigenvalue weighted by Crippen LogP contribution is 2.25. The smallest absolute Gasteiger partial charge is 0.261 e. The van der Waals surface area contributed by atoms with Crippen molar-refractivity contribution in [2.45, 2.75) is 4.90 Å². The van der Waals surface area contributed by atoms with Crippen LogP contribution in [-0.4, -0.2) is 29.0 Å². The number of nitrogens with one attached hydrogen (secondary N) is 3. The van der Waals surface area contributed by atoms with Crippen LogP contribution in [0, 0.1) is 0 Å². The van der Waals surface area contributed by atoms with Gasteiger partial charge in [-0.2, -0.15) is 0 Å². The fourth-order valence-corrected chi connectivity index (χ4v) is 4.72. The maximum atomic E-state index is 12.6. The van der Waals surface area contributed by atoms with E-state index in [2.05, 4.69) is 14.8 Å². The van der Waals surface area contributed by atoms with Gasteiger partial charge in [-0.25, -0.2) is 16.8 Å². The van der Waals surface area contributed by atoms with Gasteiger partial charge in [-0.15, -0.1) is 0 Å². The zero-order valence-electron chi connectivity index (χ0n) is 16.5. The zero-order chi connectivity index (χ0) is 23.5. The van der Waals surface area contributed by atoms with E-state index < -0.39 is 26.0 Å². The van der Waals surface area contributed by atoms with Gasteiger partial charge in [0.2, 0.25) is 10.0 Å². The van der Waals surface area contributed by atoms with E-state index in [1.54, 1.807) is 18.2 Å². The molecule has 0 bridgehead atoms. The molecule has 0 atom stereocenters. The molecule has 0 unspecified atom stereocenters. The van der Waals surface area contributed by atoms with Gasteiger partial charge < -0.3 is 5.32 Å². The Balaban J connectivity index is 1.76. The van der Waals surface area contributed by atoms with E-state index in [0.29, 0.717) is 5.69 Å². The molecule has 0 heterocycles. The third-order valence-corrected chi connectivity index (χ3v) is 6.70. The molecule has 3 N–H and O–H groups in total. The molecule has 1 amide bonds. The van der Waals surface area contributed by atoms with Crippen LogP contribution in [0.3, 0.4) is 0 Å². The van der Waals surface area contributed by atoms with Crippen LogP contribution in [-0.2, 0) is 20.0 Å². The molecular weight excluding hydrogens is 497 g/mol. The van der Waals surface area contributed by atoms with E-state index in [1.165, 1.54) is 48.5 Å². The molecule has 168 valence electrons. The molecule has 3 rings (SSSR count). The lowest BCUT2D eigenvalue weighted by Crippen LogP contribution is -2.15. The molecule has 8 nitrogen and oxygen atoms in total. The lowest BCUT2D eigenvalue weighted by atomic mass is 10.2. The second-order valence-electron chi connectivity index (χ2n) is 6.63. The highest BCUT2D eigenvalue weighted by atomic mass is 35.5. The molecule has 0 aliphatic carbocycles. The van der Waals surface area contributed by atoms with Crippen molar-refractivity contribution in [3.8, 4) is 0 Å². The molecule has 32 heavy (non-hydrogen) atoms. The number of hydrogen-bond donors (Lipinski definition) is 3. The van der Waals surface area contributed by atoms with Crippen molar-refractivity contribution in [2.75, 3.05) is 21.0 Å². The predicted octanol–water partition coefficient (Wildman–Crippen LogP) is 4.42. The zero-order valence-corrected chi connectivity index (χ0v) is 19.6. The Morgan fingerprint density at radius 1 is 0.781 bits per heavy atom. The van der Waals surface area contributed by atoms with E-state index in [0.717, 1.165) is 6.26 Å². The van der Waals surface area contributed by atoms with Crippen molar-refractivity contribution >= 4 is 66.2 Å². The highest BCUT2D eigenvalue weighted by Gasteiger charge is 2.17. The number of carbonyl (C=O) groups is 1. The first-order chi connectivity index (χ1) is 14.9. The minimum atomic E-state index is -3.90. The van der Waals surface area contributed by atoms with Crippen LogP contribution < -0.4 is 14.8 Å². The maximum absolute atomic E-state index is 12.6. The average Bonchev–Trinajstić information content (AvgIpc) is 2.70. The van der Waals surface area contributed by atoms with Crippen LogP contribution >= 0.6 is 23.2 Å². The average molecular weight is 514 g/mol. The molecule has 0 aromatic heterocycles. The molecule has 0 fully saturated rings. The minimum absolute atomic E-state index is 0.0344. The highest BCUT2D eigenvalue weighted by molar-refractivity contribution is 7.92. The Morgan fingerprint density at radius 2 is 1.41 bits per heavy atom. The molecule has 0 aliphatic rings. The van der Waals surface area contributed by atoms with Crippen LogP contribution in [0.1, 0.15) is 10.4 Å². The van der Waals surface area contributed by atoms with Crippen LogP contribution in [0.5, 0.6) is 0 Å². The number of amides is 1. The van der Waals surface area contributed by atoms with E-state index in [-0.39, 0.29) is 31.9 Å². The van der Waals surface area contributed by atoms with Gasteiger partial charge in [-0.05, 0) is 54.6 Å². The molecule has 12 heteroatoms. The number of carbonyl (C=O) groups excluding carboxylic acids is 1. The Bertz CT molecular complexity index is 1380. The van der Waals surface area contributed by atoms with Crippen molar-refractivity contribution in [3.63, 3.8) is 0 Å². The number of anilines is 3. The number of rotatable bonds is 7. The summed E-state index contributed by atoms with van der Waals surface area (Å²) in [6.07, 6.45) is 0.984. The minimum Gasteiger partial charge on any atom is -0.322 e. The number of sulfonamides is 2. The molecule has 0 spiro atoms. The largest absolute Gasteiger partial charge is 0.322 e. The monoisotopic (exact) mass is 513 g/mol. The van der Waals surface area contributed by atoms with Gasteiger partial charge in [0.1, 0.15) is 0 Å². The van der Waals surface area contributed by atoms with E-state index in [1.807, 2.05) is 0 Å². The topological polar surface area (TPSA) is 121 Å². The number of hydrogen-bond acceptors (Lipinski definition) is 5. The Kier molecular flexibility index (Phi) is 6.99. The third-order valence-electron chi connectivity index (χ3n) is 4.05. The number of benzene rings is 3. The van der Waals surface area contributed by atoms with Crippen LogP contribution in [0.25, 0.3) is 0 Å². The Labute approximate surface area is 195 Å². The second-order valence-corrected chi connectivity index (χ2v) is 10.9. The number of para-hydroxylation sites is 1. The first-order valence-corrected chi connectivity index (χ1v) is 13.0. The summed E-state index contributed by atoms with van der Waals surface area (Å²) in [6.45, 7) is 0. The Hall–Kier alpha value is -2.79. The van der Waals surface area contributed by atoms with Gasteiger partial charge in [-0.3, -0.25) is 14.2 Å². The van der Waals surface area contributed by atoms with Crippen LogP contribution in [0.4, 0.5) is 17.1 Å². The van der Waals surface area contributed by atoms with Crippen molar-refractivity contribution in [3.05, 3.63) is 82.3 Å². The molecule has 0 aliphatic heterocycles. The summed E-state index contributed by atoms with van der Waals surface area (Å²) in [5, 5.41) is 2.96. The summed E-state index contributed by atoms with van der Waals surface area (Å²) in [5.74, 6) is -0.600. The fourth-order valence-electron chi connectivity index (χ4n) is 2.64. The molecule has 3 aromatic carbocycles. The SMILES string of the molecule is CS(=O)(=O)Nc1ccc(Cl)c(C(=O)Nc2ccc(S(=O)(=O)Nc3ccccc3Cl)cc2)c1. The maximum Gasteiger partial charge on any atom is 0.261 e. The van der Waals surface area contributed by atoms with E-state index in [4.69, 9.17) is 23.2 Å². The molecule has 0 saturated heterocycles. The van der Waals surface area contributed by atoms with Crippen molar-refractivity contribution < 1.29 is 21.6 Å². The standard InChI is InChI=1S/C20H17Cl2N3O5S2/c1-31(27,28)24-14-8-11-17(21)16(12-14)20(26)23-13-6-9-15(10-7-13)32(29,30)25-19-5-3-2-4-18(19)22/h2-12,24-25H,1H3,(H,23,26).